The molecule has 0 spiro atoms. The SMILES string of the molecule is CC(C)N(Cc1cccs1)C(=O)CCBr. The molecule has 0 unspecified atom stereocenters. The largest absolute Gasteiger partial charge is 0.335 e. The summed E-state index contributed by atoms with van der Waals surface area (Å²) in [7, 11) is 0. The Labute approximate surface area is 103 Å². The third-order valence-electron chi connectivity index (χ3n) is 2.16. The summed E-state index contributed by atoms with van der Waals surface area (Å²) in [6.45, 7) is 4.85. The number of thiophene rings is 1. The van der Waals surface area contributed by atoms with Gasteiger partial charge in [0.2, 0.25) is 5.91 Å². The number of nitrogens with zero attached hydrogens (tertiary/aromatic N) is 1. The summed E-state index contributed by atoms with van der Waals surface area (Å²) in [5.41, 5.74) is 0. The van der Waals surface area contributed by atoms with Crippen LogP contribution in [0.25, 0.3) is 0 Å². The van der Waals surface area contributed by atoms with E-state index in [1.807, 2.05) is 16.3 Å². The lowest BCUT2D eigenvalue weighted by Crippen LogP contribution is -2.36. The number of hydrogen-bond acceptors (Lipinski definition) is 2. The lowest BCUT2D eigenvalue weighted by atomic mass is 10.2. The topological polar surface area (TPSA) is 20.3 Å². The van der Waals surface area contributed by atoms with Crippen LogP contribution in [-0.4, -0.2) is 22.2 Å². The quantitative estimate of drug-likeness (QED) is 0.762. The standard InChI is InChI=1S/C11H16BrNOS/c1-9(2)13(11(14)5-6-12)8-10-4-3-7-15-10/h3-4,7,9H,5-6,8H2,1-2H3. The molecule has 2 nitrogen and oxygen atoms in total. The van der Waals surface area contributed by atoms with Gasteiger partial charge in [-0.3, -0.25) is 4.79 Å². The molecule has 84 valence electrons. The number of halogens is 1. The Morgan fingerprint density at radius 2 is 2.33 bits per heavy atom. The van der Waals surface area contributed by atoms with Crippen molar-refractivity contribution in [3.05, 3.63) is 22.4 Å². The summed E-state index contributed by atoms with van der Waals surface area (Å²) in [4.78, 5) is 15.0. The van der Waals surface area contributed by atoms with Crippen LogP contribution in [0.5, 0.6) is 0 Å². The zero-order valence-electron chi connectivity index (χ0n) is 9.07. The number of alkyl halides is 1. The number of rotatable bonds is 5. The van der Waals surface area contributed by atoms with Gasteiger partial charge in [0.05, 0.1) is 6.54 Å². The van der Waals surface area contributed by atoms with E-state index in [4.69, 9.17) is 0 Å². The van der Waals surface area contributed by atoms with Gasteiger partial charge in [0.25, 0.3) is 0 Å². The van der Waals surface area contributed by atoms with Crippen molar-refractivity contribution in [1.82, 2.24) is 4.90 Å². The third kappa shape index (κ3) is 3.95. The first-order valence-electron chi connectivity index (χ1n) is 5.03. The number of amides is 1. The Morgan fingerprint density at radius 3 is 2.80 bits per heavy atom. The second-order valence-electron chi connectivity index (χ2n) is 3.63. The van der Waals surface area contributed by atoms with E-state index >= 15 is 0 Å². The zero-order valence-corrected chi connectivity index (χ0v) is 11.5. The maximum absolute atomic E-state index is 11.8. The fourth-order valence-corrected chi connectivity index (χ4v) is 2.40. The summed E-state index contributed by atoms with van der Waals surface area (Å²) in [5, 5.41) is 2.78. The van der Waals surface area contributed by atoms with Crippen molar-refractivity contribution < 1.29 is 4.79 Å². The van der Waals surface area contributed by atoms with Crippen LogP contribution in [0.3, 0.4) is 0 Å². The predicted octanol–water partition coefficient (Wildman–Crippen LogP) is 3.27. The molecule has 1 aromatic heterocycles. The normalized spacial score (nSPS) is 10.7. The molecule has 0 saturated heterocycles. The summed E-state index contributed by atoms with van der Waals surface area (Å²) in [5.74, 6) is 0.218. The first-order chi connectivity index (χ1) is 7.15. The molecule has 0 saturated carbocycles. The summed E-state index contributed by atoms with van der Waals surface area (Å²) < 4.78 is 0. The van der Waals surface area contributed by atoms with Crippen molar-refractivity contribution in [3.8, 4) is 0 Å². The molecule has 0 atom stereocenters. The van der Waals surface area contributed by atoms with Crippen molar-refractivity contribution in [3.63, 3.8) is 0 Å². The molecule has 1 amide bonds. The van der Waals surface area contributed by atoms with Crippen molar-refractivity contribution >= 4 is 33.2 Å². The highest BCUT2D eigenvalue weighted by atomic mass is 79.9. The second-order valence-corrected chi connectivity index (χ2v) is 5.46. The van der Waals surface area contributed by atoms with Crippen LogP contribution in [0.15, 0.2) is 17.5 Å². The minimum Gasteiger partial charge on any atom is -0.335 e. The van der Waals surface area contributed by atoms with Crippen LogP contribution in [0.2, 0.25) is 0 Å². The molecule has 0 N–H and O–H groups in total. The van der Waals surface area contributed by atoms with E-state index in [-0.39, 0.29) is 11.9 Å². The van der Waals surface area contributed by atoms with Gasteiger partial charge in [0, 0.05) is 22.7 Å². The van der Waals surface area contributed by atoms with Crippen LogP contribution in [-0.2, 0) is 11.3 Å². The Morgan fingerprint density at radius 1 is 1.60 bits per heavy atom. The molecule has 15 heavy (non-hydrogen) atoms. The molecule has 1 rings (SSSR count). The van der Waals surface area contributed by atoms with Crippen molar-refractivity contribution in [2.24, 2.45) is 0 Å². The zero-order chi connectivity index (χ0) is 11.3. The van der Waals surface area contributed by atoms with Crippen LogP contribution < -0.4 is 0 Å². The van der Waals surface area contributed by atoms with Gasteiger partial charge in [0.1, 0.15) is 0 Å². The molecule has 4 heteroatoms. The average Bonchev–Trinajstić information content (AvgIpc) is 2.66. The van der Waals surface area contributed by atoms with Crippen molar-refractivity contribution in [2.45, 2.75) is 32.9 Å². The van der Waals surface area contributed by atoms with Gasteiger partial charge in [-0.25, -0.2) is 0 Å². The molecule has 1 heterocycles. The first-order valence-corrected chi connectivity index (χ1v) is 7.03. The van der Waals surface area contributed by atoms with Crippen LogP contribution in [0.1, 0.15) is 25.1 Å². The highest BCUT2D eigenvalue weighted by Gasteiger charge is 2.16. The van der Waals surface area contributed by atoms with Gasteiger partial charge in [-0.05, 0) is 25.3 Å². The van der Waals surface area contributed by atoms with Gasteiger partial charge >= 0.3 is 0 Å². The fourth-order valence-electron chi connectivity index (χ4n) is 1.35. The molecule has 0 radical (unpaired) electrons. The van der Waals surface area contributed by atoms with Gasteiger partial charge in [-0.2, -0.15) is 0 Å². The highest BCUT2D eigenvalue weighted by molar-refractivity contribution is 9.09. The molecular weight excluding hydrogens is 274 g/mol. The monoisotopic (exact) mass is 289 g/mol. The lowest BCUT2D eigenvalue weighted by molar-refractivity contribution is -0.133. The smallest absolute Gasteiger partial charge is 0.223 e. The van der Waals surface area contributed by atoms with Gasteiger partial charge in [-0.1, -0.05) is 22.0 Å². The predicted molar refractivity (Wildman–Crippen MR) is 68.4 cm³/mol. The maximum Gasteiger partial charge on any atom is 0.223 e. The molecule has 0 aliphatic carbocycles. The van der Waals surface area contributed by atoms with E-state index < -0.39 is 0 Å². The first kappa shape index (κ1) is 12.7. The fraction of sp³-hybridized carbons (Fsp3) is 0.545. The number of carbonyl (C=O) groups is 1. The van der Waals surface area contributed by atoms with E-state index in [0.29, 0.717) is 6.42 Å². The molecular formula is C11H16BrNOS. The Kier molecular flexibility index (Phi) is 5.32. The Balaban J connectivity index is 2.62. The molecule has 1 aromatic rings. The molecule has 0 bridgehead atoms. The Hall–Kier alpha value is -0.350. The van der Waals surface area contributed by atoms with Gasteiger partial charge in [-0.15, -0.1) is 11.3 Å². The van der Waals surface area contributed by atoms with Crippen LogP contribution in [0, 0.1) is 0 Å². The van der Waals surface area contributed by atoms with E-state index in [1.54, 1.807) is 11.3 Å². The second kappa shape index (κ2) is 6.28. The van der Waals surface area contributed by atoms with Gasteiger partial charge < -0.3 is 4.90 Å². The number of carbonyl (C=O) groups excluding carboxylic acids is 1. The molecule has 0 fully saturated rings. The van der Waals surface area contributed by atoms with Crippen molar-refractivity contribution in [1.29, 1.82) is 0 Å². The van der Waals surface area contributed by atoms with E-state index in [2.05, 4.69) is 35.8 Å². The average molecular weight is 290 g/mol. The Bertz CT molecular complexity index is 298. The maximum atomic E-state index is 11.8. The van der Waals surface area contributed by atoms with Crippen LogP contribution >= 0.6 is 27.3 Å². The summed E-state index contributed by atoms with van der Waals surface area (Å²) in [6.07, 6.45) is 0.573. The molecule has 0 aromatic carbocycles. The van der Waals surface area contributed by atoms with Crippen LogP contribution in [0.4, 0.5) is 0 Å². The minimum atomic E-state index is 0.218. The number of hydrogen-bond donors (Lipinski definition) is 0. The molecule has 0 aliphatic heterocycles. The van der Waals surface area contributed by atoms with E-state index in [1.165, 1.54) is 4.88 Å². The minimum absolute atomic E-state index is 0.218. The molecule has 0 aliphatic rings. The highest BCUT2D eigenvalue weighted by Crippen LogP contribution is 2.15. The van der Waals surface area contributed by atoms with E-state index in [9.17, 15) is 4.79 Å². The third-order valence-corrected chi connectivity index (χ3v) is 3.42. The van der Waals surface area contributed by atoms with E-state index in [0.717, 1.165) is 11.9 Å². The van der Waals surface area contributed by atoms with Gasteiger partial charge in [0.15, 0.2) is 0 Å². The summed E-state index contributed by atoms with van der Waals surface area (Å²) >= 11 is 5.00. The summed E-state index contributed by atoms with van der Waals surface area (Å²) in [6, 6.07) is 4.35. The lowest BCUT2D eigenvalue weighted by Gasteiger charge is -2.26. The van der Waals surface area contributed by atoms with Crippen molar-refractivity contribution in [2.75, 3.05) is 5.33 Å².